The Balaban J connectivity index is 2.48. The highest BCUT2D eigenvalue weighted by Gasteiger charge is 1.98. The van der Waals surface area contributed by atoms with Gasteiger partial charge in [0.05, 0.1) is 5.97 Å². The number of aliphatic carboxylic acids is 1. The van der Waals surface area contributed by atoms with Crippen LogP contribution in [-0.4, -0.2) is 11.9 Å². The topological polar surface area (TPSA) is 69.2 Å². The second-order valence-electron chi connectivity index (χ2n) is 3.32. The van der Waals surface area contributed by atoms with Crippen molar-refractivity contribution in [1.29, 1.82) is 0 Å². The third-order valence-electron chi connectivity index (χ3n) is 1.98. The maximum Gasteiger partial charge on any atom is 0.244 e. The standard InChI is InChI=1S/C12H13NO3/c1-9(12(15)16)7-11(14)13-8-10-5-3-2-4-6-10/h2-7H,8H2,1H3,(H,13,14)(H,15,16)/p-1/b9-7+. The maximum absolute atomic E-state index is 11.3. The second-order valence-corrected chi connectivity index (χ2v) is 3.32. The first-order valence-electron chi connectivity index (χ1n) is 4.81. The molecule has 0 aliphatic rings. The normalized spacial score (nSPS) is 10.9. The number of carboxylic acid groups (broad SMARTS) is 1. The Kier molecular flexibility index (Phi) is 4.27. The minimum absolute atomic E-state index is 0.0921. The van der Waals surface area contributed by atoms with Crippen molar-refractivity contribution >= 4 is 11.9 Å². The van der Waals surface area contributed by atoms with Crippen molar-refractivity contribution in [1.82, 2.24) is 5.32 Å². The molecule has 1 aromatic carbocycles. The van der Waals surface area contributed by atoms with Crippen LogP contribution in [-0.2, 0) is 16.1 Å². The van der Waals surface area contributed by atoms with Crippen LogP contribution in [0.5, 0.6) is 0 Å². The summed E-state index contributed by atoms with van der Waals surface area (Å²) in [5.41, 5.74) is 0.862. The summed E-state index contributed by atoms with van der Waals surface area (Å²) < 4.78 is 0. The van der Waals surface area contributed by atoms with E-state index in [0.29, 0.717) is 6.54 Å². The first kappa shape index (κ1) is 12.0. The molecule has 0 atom stereocenters. The highest BCUT2D eigenvalue weighted by molar-refractivity contribution is 5.96. The number of nitrogens with one attached hydrogen (secondary N) is 1. The maximum atomic E-state index is 11.3. The van der Waals surface area contributed by atoms with Crippen LogP contribution in [0.3, 0.4) is 0 Å². The number of rotatable bonds is 4. The van der Waals surface area contributed by atoms with Gasteiger partial charge in [-0.1, -0.05) is 30.3 Å². The fraction of sp³-hybridized carbons (Fsp3) is 0.167. The van der Waals surface area contributed by atoms with Crippen LogP contribution in [0.1, 0.15) is 12.5 Å². The molecule has 4 heteroatoms. The fourth-order valence-corrected chi connectivity index (χ4v) is 1.09. The molecule has 0 unspecified atom stereocenters. The number of carbonyl (C=O) groups is 2. The van der Waals surface area contributed by atoms with Gasteiger partial charge in [-0.2, -0.15) is 0 Å². The average molecular weight is 218 g/mol. The van der Waals surface area contributed by atoms with E-state index in [-0.39, 0.29) is 5.57 Å². The van der Waals surface area contributed by atoms with Gasteiger partial charge in [0.1, 0.15) is 0 Å². The lowest BCUT2D eigenvalue weighted by Gasteiger charge is -2.04. The molecule has 0 aliphatic carbocycles. The Labute approximate surface area is 93.6 Å². The van der Waals surface area contributed by atoms with Gasteiger partial charge in [0.15, 0.2) is 0 Å². The van der Waals surface area contributed by atoms with Crippen molar-refractivity contribution in [2.24, 2.45) is 0 Å². The lowest BCUT2D eigenvalue weighted by Crippen LogP contribution is -2.26. The molecule has 0 radical (unpaired) electrons. The number of carbonyl (C=O) groups excluding carboxylic acids is 2. The third-order valence-corrected chi connectivity index (χ3v) is 1.98. The fourth-order valence-electron chi connectivity index (χ4n) is 1.09. The van der Waals surface area contributed by atoms with Crippen LogP contribution < -0.4 is 10.4 Å². The van der Waals surface area contributed by atoms with Crippen LogP contribution in [0.2, 0.25) is 0 Å². The molecule has 1 aromatic rings. The van der Waals surface area contributed by atoms with E-state index >= 15 is 0 Å². The van der Waals surface area contributed by atoms with Gasteiger partial charge < -0.3 is 15.2 Å². The van der Waals surface area contributed by atoms with Crippen molar-refractivity contribution in [3.63, 3.8) is 0 Å². The smallest absolute Gasteiger partial charge is 0.244 e. The van der Waals surface area contributed by atoms with Gasteiger partial charge in [-0.15, -0.1) is 0 Å². The van der Waals surface area contributed by atoms with E-state index in [9.17, 15) is 14.7 Å². The zero-order valence-corrected chi connectivity index (χ0v) is 8.90. The molecule has 84 valence electrons. The van der Waals surface area contributed by atoms with E-state index in [1.165, 1.54) is 6.92 Å². The van der Waals surface area contributed by atoms with Crippen LogP contribution in [0, 0.1) is 0 Å². The second kappa shape index (κ2) is 5.70. The third kappa shape index (κ3) is 3.96. The van der Waals surface area contributed by atoms with Gasteiger partial charge in [0.2, 0.25) is 5.91 Å². The SMILES string of the molecule is C/C(=C\C(=O)NCc1ccccc1)C(=O)[O-]. The van der Waals surface area contributed by atoms with E-state index in [1.807, 2.05) is 30.3 Å². The van der Waals surface area contributed by atoms with Crippen LogP contribution in [0.15, 0.2) is 42.0 Å². The Hall–Kier alpha value is -2.10. The van der Waals surface area contributed by atoms with Gasteiger partial charge >= 0.3 is 0 Å². The summed E-state index contributed by atoms with van der Waals surface area (Å²) in [7, 11) is 0. The van der Waals surface area contributed by atoms with E-state index in [1.54, 1.807) is 0 Å². The predicted molar refractivity (Wildman–Crippen MR) is 57.1 cm³/mol. The summed E-state index contributed by atoms with van der Waals surface area (Å²) in [5.74, 6) is -1.78. The molecule has 0 bridgehead atoms. The molecule has 0 spiro atoms. The number of hydrogen-bond acceptors (Lipinski definition) is 3. The van der Waals surface area contributed by atoms with Crippen LogP contribution in [0.4, 0.5) is 0 Å². The lowest BCUT2D eigenvalue weighted by molar-refractivity contribution is -0.299. The first-order valence-corrected chi connectivity index (χ1v) is 4.81. The Morgan fingerprint density at radius 3 is 2.50 bits per heavy atom. The van der Waals surface area contributed by atoms with E-state index in [2.05, 4.69) is 5.32 Å². The minimum atomic E-state index is -1.34. The minimum Gasteiger partial charge on any atom is -0.545 e. The van der Waals surface area contributed by atoms with Gasteiger partial charge in [0.25, 0.3) is 0 Å². The van der Waals surface area contributed by atoms with Crippen molar-refractivity contribution in [2.75, 3.05) is 0 Å². The van der Waals surface area contributed by atoms with Crippen molar-refractivity contribution in [3.05, 3.63) is 47.5 Å². The predicted octanol–water partition coefficient (Wildman–Crippen LogP) is -0.00100. The molecule has 1 rings (SSSR count). The molecule has 0 saturated carbocycles. The molecule has 0 heterocycles. The number of amides is 1. The zero-order chi connectivity index (χ0) is 12.0. The summed E-state index contributed by atoms with van der Waals surface area (Å²) in [5, 5.41) is 12.9. The van der Waals surface area contributed by atoms with Gasteiger partial charge in [-0.3, -0.25) is 4.79 Å². The average Bonchev–Trinajstić information content (AvgIpc) is 2.27. The molecule has 0 aromatic heterocycles. The van der Waals surface area contributed by atoms with Gasteiger partial charge in [-0.05, 0) is 18.1 Å². The van der Waals surface area contributed by atoms with Crippen molar-refractivity contribution < 1.29 is 14.7 Å². The first-order chi connectivity index (χ1) is 7.59. The Bertz CT molecular complexity index is 410. The molecule has 0 fully saturated rings. The quantitative estimate of drug-likeness (QED) is 0.723. The van der Waals surface area contributed by atoms with Crippen LogP contribution in [0.25, 0.3) is 0 Å². The summed E-state index contributed by atoms with van der Waals surface area (Å²) in [6.07, 6.45) is 1.01. The van der Waals surface area contributed by atoms with Gasteiger partial charge in [-0.25, -0.2) is 0 Å². The summed E-state index contributed by atoms with van der Waals surface area (Å²) in [6.45, 7) is 1.69. The molecule has 16 heavy (non-hydrogen) atoms. The summed E-state index contributed by atoms with van der Waals surface area (Å²) >= 11 is 0. The molecule has 1 N–H and O–H groups in total. The number of hydrogen-bond donors (Lipinski definition) is 1. The lowest BCUT2D eigenvalue weighted by atomic mass is 10.2. The van der Waals surface area contributed by atoms with Gasteiger partial charge in [0, 0.05) is 12.6 Å². The molecule has 0 saturated heterocycles. The molecular formula is C12H12NO3-. The zero-order valence-electron chi connectivity index (χ0n) is 8.90. The molecule has 0 aliphatic heterocycles. The van der Waals surface area contributed by atoms with E-state index < -0.39 is 11.9 Å². The molecular weight excluding hydrogens is 206 g/mol. The largest absolute Gasteiger partial charge is 0.545 e. The summed E-state index contributed by atoms with van der Waals surface area (Å²) in [6, 6.07) is 9.35. The highest BCUT2D eigenvalue weighted by atomic mass is 16.4. The molecule has 4 nitrogen and oxygen atoms in total. The molecule has 1 amide bonds. The summed E-state index contributed by atoms with van der Waals surface area (Å²) in [4.78, 5) is 21.6. The van der Waals surface area contributed by atoms with Crippen LogP contribution >= 0.6 is 0 Å². The number of carboxylic acids is 1. The van der Waals surface area contributed by atoms with E-state index in [4.69, 9.17) is 0 Å². The Morgan fingerprint density at radius 2 is 1.94 bits per heavy atom. The van der Waals surface area contributed by atoms with E-state index in [0.717, 1.165) is 11.6 Å². The Morgan fingerprint density at radius 1 is 1.31 bits per heavy atom. The highest BCUT2D eigenvalue weighted by Crippen LogP contribution is 1.97. The van der Waals surface area contributed by atoms with Crippen molar-refractivity contribution in [2.45, 2.75) is 13.5 Å². The van der Waals surface area contributed by atoms with Crippen molar-refractivity contribution in [3.8, 4) is 0 Å². The number of benzene rings is 1. The monoisotopic (exact) mass is 218 g/mol.